The van der Waals surface area contributed by atoms with E-state index in [2.05, 4.69) is 4.98 Å². The lowest BCUT2D eigenvalue weighted by Gasteiger charge is -2.20. The number of fused-ring (bicyclic) bond motifs is 1. The van der Waals surface area contributed by atoms with Crippen molar-refractivity contribution in [2.75, 3.05) is 18.5 Å². The van der Waals surface area contributed by atoms with E-state index in [9.17, 15) is 4.79 Å². The highest BCUT2D eigenvalue weighted by molar-refractivity contribution is 5.77. The summed E-state index contributed by atoms with van der Waals surface area (Å²) >= 11 is 0. The van der Waals surface area contributed by atoms with Crippen LogP contribution >= 0.6 is 0 Å². The molecule has 1 unspecified atom stereocenters. The van der Waals surface area contributed by atoms with Crippen LogP contribution in [0.15, 0.2) is 22.6 Å². The Morgan fingerprint density at radius 2 is 2.32 bits per heavy atom. The van der Waals surface area contributed by atoms with Gasteiger partial charge in [-0.05, 0) is 24.6 Å². The molecule has 1 atom stereocenters. The molecule has 0 radical (unpaired) electrons. The molecule has 0 amide bonds. The number of hydrogen-bond donors (Lipinski definition) is 2. The van der Waals surface area contributed by atoms with Gasteiger partial charge < -0.3 is 20.2 Å². The molecule has 102 valence electrons. The molecule has 0 spiro atoms. The van der Waals surface area contributed by atoms with Crippen molar-refractivity contribution in [1.29, 1.82) is 0 Å². The second-order valence-electron chi connectivity index (χ2n) is 4.54. The van der Waals surface area contributed by atoms with Crippen molar-refractivity contribution in [3.05, 3.63) is 24.1 Å². The fourth-order valence-electron chi connectivity index (χ4n) is 1.85. The number of rotatable bonds is 5. The van der Waals surface area contributed by atoms with Crippen LogP contribution in [0.3, 0.4) is 0 Å². The van der Waals surface area contributed by atoms with Gasteiger partial charge in [0.25, 0.3) is 0 Å². The number of aromatic nitrogens is 1. The van der Waals surface area contributed by atoms with E-state index in [1.165, 1.54) is 0 Å². The minimum absolute atomic E-state index is 0.391. The summed E-state index contributed by atoms with van der Waals surface area (Å²) in [6, 6.07) is 4.86. The van der Waals surface area contributed by atoms with E-state index in [0.29, 0.717) is 18.9 Å². The minimum atomic E-state index is -0.976. The second kappa shape index (κ2) is 5.27. The Bertz CT molecular complexity index is 594. The molecule has 0 aliphatic rings. The largest absolute Gasteiger partial charge is 0.480 e. The lowest BCUT2D eigenvalue weighted by Crippen LogP contribution is -2.34. The zero-order chi connectivity index (χ0) is 14.0. The topological polar surface area (TPSA) is 92.6 Å². The molecule has 0 saturated carbocycles. The summed E-state index contributed by atoms with van der Waals surface area (Å²) in [6.45, 7) is 2.37. The summed E-state index contributed by atoms with van der Waals surface area (Å²) in [6.07, 6.45) is 0.391. The van der Waals surface area contributed by atoms with Gasteiger partial charge in [-0.15, -0.1) is 0 Å². The number of carboxylic acids is 1. The SMILES string of the molecule is Cc1nc2cc(N(C)CCC(N)C(=O)O)ccc2o1. The highest BCUT2D eigenvalue weighted by Crippen LogP contribution is 2.22. The van der Waals surface area contributed by atoms with E-state index in [1.807, 2.05) is 30.1 Å². The number of oxazole rings is 1. The first kappa shape index (κ1) is 13.4. The van der Waals surface area contributed by atoms with Crippen molar-refractivity contribution < 1.29 is 14.3 Å². The van der Waals surface area contributed by atoms with E-state index in [0.717, 1.165) is 16.8 Å². The number of anilines is 1. The monoisotopic (exact) mass is 263 g/mol. The van der Waals surface area contributed by atoms with Crippen molar-refractivity contribution in [2.45, 2.75) is 19.4 Å². The molecule has 19 heavy (non-hydrogen) atoms. The predicted molar refractivity (Wildman–Crippen MR) is 72.2 cm³/mol. The van der Waals surface area contributed by atoms with Gasteiger partial charge in [-0.25, -0.2) is 4.98 Å². The maximum atomic E-state index is 10.7. The van der Waals surface area contributed by atoms with Crippen LogP contribution in [0.1, 0.15) is 12.3 Å². The Kier molecular flexibility index (Phi) is 3.71. The average molecular weight is 263 g/mol. The molecule has 6 nitrogen and oxygen atoms in total. The van der Waals surface area contributed by atoms with Crippen LogP contribution in [0, 0.1) is 6.92 Å². The van der Waals surface area contributed by atoms with Gasteiger partial charge in [0, 0.05) is 26.2 Å². The first-order chi connectivity index (χ1) is 8.97. The van der Waals surface area contributed by atoms with Crippen LogP contribution in [0.25, 0.3) is 11.1 Å². The first-order valence-corrected chi connectivity index (χ1v) is 6.04. The molecule has 3 N–H and O–H groups in total. The van der Waals surface area contributed by atoms with Crippen LogP contribution in [0.4, 0.5) is 5.69 Å². The molecule has 0 fully saturated rings. The van der Waals surface area contributed by atoms with E-state index in [4.69, 9.17) is 15.3 Å². The van der Waals surface area contributed by atoms with Crippen LogP contribution in [-0.2, 0) is 4.79 Å². The van der Waals surface area contributed by atoms with Crippen LogP contribution in [0.2, 0.25) is 0 Å². The Labute approximate surface area is 110 Å². The summed E-state index contributed by atoms with van der Waals surface area (Å²) in [5.41, 5.74) is 7.98. The van der Waals surface area contributed by atoms with Crippen molar-refractivity contribution in [1.82, 2.24) is 4.98 Å². The molecule has 0 aliphatic carbocycles. The number of benzene rings is 1. The second-order valence-corrected chi connectivity index (χ2v) is 4.54. The molecule has 0 bridgehead atoms. The fourth-order valence-corrected chi connectivity index (χ4v) is 1.85. The molecule has 1 aromatic carbocycles. The summed E-state index contributed by atoms with van der Waals surface area (Å²) in [5.74, 6) is -0.348. The molecule has 6 heteroatoms. The van der Waals surface area contributed by atoms with Gasteiger partial charge in [-0.1, -0.05) is 0 Å². The Hall–Kier alpha value is -2.08. The smallest absolute Gasteiger partial charge is 0.320 e. The van der Waals surface area contributed by atoms with Crippen molar-refractivity contribution in [3.8, 4) is 0 Å². The van der Waals surface area contributed by atoms with Crippen molar-refractivity contribution in [2.24, 2.45) is 5.73 Å². The fraction of sp³-hybridized carbons (Fsp3) is 0.385. The summed E-state index contributed by atoms with van der Waals surface area (Å²) in [7, 11) is 1.89. The van der Waals surface area contributed by atoms with Crippen LogP contribution in [-0.4, -0.2) is 35.7 Å². The third-order valence-corrected chi connectivity index (χ3v) is 3.01. The molecule has 2 rings (SSSR count). The van der Waals surface area contributed by atoms with E-state index in [1.54, 1.807) is 6.92 Å². The van der Waals surface area contributed by atoms with E-state index < -0.39 is 12.0 Å². The van der Waals surface area contributed by atoms with Crippen molar-refractivity contribution in [3.63, 3.8) is 0 Å². The summed E-state index contributed by atoms with van der Waals surface area (Å²) in [4.78, 5) is 16.9. The van der Waals surface area contributed by atoms with Crippen molar-refractivity contribution >= 4 is 22.8 Å². The molecule has 0 saturated heterocycles. The maximum Gasteiger partial charge on any atom is 0.320 e. The quantitative estimate of drug-likeness (QED) is 0.846. The predicted octanol–water partition coefficient (Wildman–Crippen LogP) is 1.37. The maximum absolute atomic E-state index is 10.7. The third kappa shape index (κ3) is 3.03. The molecule has 1 heterocycles. The average Bonchev–Trinajstić information content (AvgIpc) is 2.74. The summed E-state index contributed by atoms with van der Waals surface area (Å²) < 4.78 is 5.40. The first-order valence-electron chi connectivity index (χ1n) is 6.04. The van der Waals surface area contributed by atoms with E-state index in [-0.39, 0.29) is 0 Å². The Morgan fingerprint density at radius 1 is 1.58 bits per heavy atom. The summed E-state index contributed by atoms with van der Waals surface area (Å²) in [5, 5.41) is 8.74. The number of carboxylic acid groups (broad SMARTS) is 1. The van der Waals surface area contributed by atoms with E-state index >= 15 is 0 Å². The number of carbonyl (C=O) groups is 1. The minimum Gasteiger partial charge on any atom is -0.480 e. The molecular weight excluding hydrogens is 246 g/mol. The number of hydrogen-bond acceptors (Lipinski definition) is 5. The van der Waals surface area contributed by atoms with Gasteiger partial charge in [0.2, 0.25) is 0 Å². The normalized spacial score (nSPS) is 12.6. The highest BCUT2D eigenvalue weighted by Gasteiger charge is 2.13. The lowest BCUT2D eigenvalue weighted by molar-refractivity contribution is -0.138. The number of nitrogens with zero attached hydrogens (tertiary/aromatic N) is 2. The standard InChI is InChI=1S/C13H17N3O3/c1-8-15-11-7-9(3-4-12(11)19-8)16(2)6-5-10(14)13(17)18/h3-4,7,10H,5-6,14H2,1-2H3,(H,17,18). The van der Waals surface area contributed by atoms with Gasteiger partial charge in [-0.3, -0.25) is 4.79 Å². The van der Waals surface area contributed by atoms with Crippen LogP contribution in [0.5, 0.6) is 0 Å². The highest BCUT2D eigenvalue weighted by atomic mass is 16.4. The molecular formula is C13H17N3O3. The van der Waals surface area contributed by atoms with Crippen LogP contribution < -0.4 is 10.6 Å². The Morgan fingerprint density at radius 3 is 3.00 bits per heavy atom. The molecule has 2 aromatic rings. The zero-order valence-corrected chi connectivity index (χ0v) is 11.0. The Balaban J connectivity index is 2.08. The zero-order valence-electron chi connectivity index (χ0n) is 11.0. The van der Waals surface area contributed by atoms with Gasteiger partial charge in [0.1, 0.15) is 11.6 Å². The van der Waals surface area contributed by atoms with Gasteiger partial charge in [-0.2, -0.15) is 0 Å². The molecule has 1 aromatic heterocycles. The lowest BCUT2D eigenvalue weighted by atomic mass is 10.2. The van der Waals surface area contributed by atoms with Gasteiger partial charge >= 0.3 is 5.97 Å². The number of nitrogens with two attached hydrogens (primary N) is 1. The number of aliphatic carboxylic acids is 1. The van der Waals surface area contributed by atoms with Gasteiger partial charge in [0.15, 0.2) is 11.5 Å². The molecule has 0 aliphatic heterocycles. The third-order valence-electron chi connectivity index (χ3n) is 3.01. The number of aryl methyl sites for hydroxylation is 1. The van der Waals surface area contributed by atoms with Gasteiger partial charge in [0.05, 0.1) is 0 Å².